The van der Waals surface area contributed by atoms with E-state index >= 15 is 0 Å². The highest BCUT2D eigenvalue weighted by molar-refractivity contribution is 5.79. The van der Waals surface area contributed by atoms with Crippen LogP contribution >= 0.6 is 0 Å². The second-order valence-corrected chi connectivity index (χ2v) is 5.91. The standard InChI is InChI=1S/C18H22N6O3/c1-3-19-15-10-16(23-12(2)22-15)20-8-9-21-17(25)11-24-13-6-4-5-7-14(13)27-18(24)26/h4-7,10H,3,8-9,11H2,1-2H3,(H,21,25)(H2,19,20,22,23). The number of carbonyl (C=O) groups is 1. The number of anilines is 2. The summed E-state index contributed by atoms with van der Waals surface area (Å²) in [5.41, 5.74) is 1.07. The first-order valence-electron chi connectivity index (χ1n) is 8.75. The van der Waals surface area contributed by atoms with Crippen molar-refractivity contribution in [1.82, 2.24) is 19.9 Å². The van der Waals surface area contributed by atoms with Gasteiger partial charge >= 0.3 is 5.76 Å². The molecule has 2 heterocycles. The van der Waals surface area contributed by atoms with E-state index < -0.39 is 5.76 Å². The van der Waals surface area contributed by atoms with Gasteiger partial charge in [0.25, 0.3) is 0 Å². The van der Waals surface area contributed by atoms with Gasteiger partial charge in [0.1, 0.15) is 24.0 Å². The fraction of sp³-hybridized carbons (Fsp3) is 0.333. The number of benzene rings is 1. The van der Waals surface area contributed by atoms with Crippen LogP contribution in [0.5, 0.6) is 0 Å². The highest BCUT2D eigenvalue weighted by Gasteiger charge is 2.11. The van der Waals surface area contributed by atoms with Gasteiger partial charge in [-0.3, -0.25) is 9.36 Å². The molecule has 2 aromatic heterocycles. The van der Waals surface area contributed by atoms with Crippen molar-refractivity contribution in [1.29, 1.82) is 0 Å². The molecule has 27 heavy (non-hydrogen) atoms. The Bertz CT molecular complexity index is 994. The highest BCUT2D eigenvalue weighted by Crippen LogP contribution is 2.11. The van der Waals surface area contributed by atoms with Crippen LogP contribution in [0.1, 0.15) is 12.7 Å². The molecule has 0 aliphatic rings. The van der Waals surface area contributed by atoms with Crippen molar-refractivity contribution in [2.75, 3.05) is 30.3 Å². The molecule has 0 atom stereocenters. The van der Waals surface area contributed by atoms with E-state index in [0.717, 1.165) is 12.4 Å². The Kier molecular flexibility index (Phi) is 5.70. The van der Waals surface area contributed by atoms with E-state index in [1.165, 1.54) is 4.57 Å². The minimum Gasteiger partial charge on any atom is -0.408 e. The van der Waals surface area contributed by atoms with Crippen LogP contribution < -0.4 is 21.7 Å². The van der Waals surface area contributed by atoms with Crippen molar-refractivity contribution in [2.45, 2.75) is 20.4 Å². The number of amides is 1. The smallest absolute Gasteiger partial charge is 0.408 e. The quantitative estimate of drug-likeness (QED) is 0.513. The molecule has 3 N–H and O–H groups in total. The second kappa shape index (κ2) is 8.35. The zero-order valence-corrected chi connectivity index (χ0v) is 15.3. The Morgan fingerprint density at radius 2 is 1.89 bits per heavy atom. The Labute approximate surface area is 155 Å². The number of rotatable bonds is 8. The van der Waals surface area contributed by atoms with Crippen molar-refractivity contribution < 1.29 is 9.21 Å². The van der Waals surface area contributed by atoms with Crippen LogP contribution in [0.25, 0.3) is 11.1 Å². The molecule has 9 heteroatoms. The van der Waals surface area contributed by atoms with Crippen molar-refractivity contribution in [3.05, 3.63) is 46.7 Å². The van der Waals surface area contributed by atoms with Gasteiger partial charge in [0, 0.05) is 25.7 Å². The van der Waals surface area contributed by atoms with Gasteiger partial charge in [-0.1, -0.05) is 12.1 Å². The third-order valence-corrected chi connectivity index (χ3v) is 3.82. The number of nitrogens with one attached hydrogen (secondary N) is 3. The van der Waals surface area contributed by atoms with Gasteiger partial charge in [-0.2, -0.15) is 0 Å². The van der Waals surface area contributed by atoms with Crippen LogP contribution in [-0.2, 0) is 11.3 Å². The largest absolute Gasteiger partial charge is 0.420 e. The average Bonchev–Trinajstić information content (AvgIpc) is 2.94. The first-order valence-corrected chi connectivity index (χ1v) is 8.75. The Morgan fingerprint density at radius 3 is 2.67 bits per heavy atom. The van der Waals surface area contributed by atoms with Gasteiger partial charge in [0.15, 0.2) is 5.58 Å². The molecule has 1 aromatic carbocycles. The molecule has 3 aromatic rings. The van der Waals surface area contributed by atoms with Gasteiger partial charge < -0.3 is 20.4 Å². The zero-order chi connectivity index (χ0) is 19.2. The summed E-state index contributed by atoms with van der Waals surface area (Å²) in [6, 6.07) is 8.82. The lowest BCUT2D eigenvalue weighted by Gasteiger charge is -2.10. The third kappa shape index (κ3) is 4.63. The van der Waals surface area contributed by atoms with Crippen LogP contribution in [0.3, 0.4) is 0 Å². The first kappa shape index (κ1) is 18.4. The maximum atomic E-state index is 12.1. The molecule has 0 unspecified atom stereocenters. The molecular formula is C18H22N6O3. The van der Waals surface area contributed by atoms with Gasteiger partial charge in [-0.25, -0.2) is 14.8 Å². The zero-order valence-electron chi connectivity index (χ0n) is 15.3. The fourth-order valence-electron chi connectivity index (χ4n) is 2.69. The second-order valence-electron chi connectivity index (χ2n) is 5.91. The van der Waals surface area contributed by atoms with Gasteiger partial charge in [0.2, 0.25) is 5.91 Å². The van der Waals surface area contributed by atoms with E-state index in [2.05, 4.69) is 25.9 Å². The van der Waals surface area contributed by atoms with Gasteiger partial charge in [-0.15, -0.1) is 0 Å². The van der Waals surface area contributed by atoms with Crippen LogP contribution in [0.15, 0.2) is 39.5 Å². The Balaban J connectivity index is 1.51. The summed E-state index contributed by atoms with van der Waals surface area (Å²) in [4.78, 5) is 32.6. The van der Waals surface area contributed by atoms with Crippen molar-refractivity contribution >= 4 is 28.6 Å². The van der Waals surface area contributed by atoms with E-state index in [9.17, 15) is 9.59 Å². The molecule has 0 saturated heterocycles. The van der Waals surface area contributed by atoms with E-state index in [1.807, 2.05) is 19.9 Å². The molecule has 0 aliphatic carbocycles. The van der Waals surface area contributed by atoms with Crippen LogP contribution in [0, 0.1) is 6.92 Å². The predicted molar refractivity (Wildman–Crippen MR) is 103 cm³/mol. The van der Waals surface area contributed by atoms with Crippen molar-refractivity contribution in [3.63, 3.8) is 0 Å². The fourth-order valence-corrected chi connectivity index (χ4v) is 2.69. The minimum absolute atomic E-state index is 0.0902. The minimum atomic E-state index is -0.545. The van der Waals surface area contributed by atoms with E-state index in [1.54, 1.807) is 24.3 Å². The number of aromatic nitrogens is 3. The van der Waals surface area contributed by atoms with E-state index in [0.29, 0.717) is 35.8 Å². The molecule has 0 spiro atoms. The molecule has 0 radical (unpaired) electrons. The molecule has 0 fully saturated rings. The third-order valence-electron chi connectivity index (χ3n) is 3.82. The maximum Gasteiger partial charge on any atom is 0.420 e. The lowest BCUT2D eigenvalue weighted by atomic mass is 10.3. The number of para-hydroxylation sites is 2. The number of aryl methyl sites for hydroxylation is 1. The number of hydrogen-bond acceptors (Lipinski definition) is 7. The number of fused-ring (bicyclic) bond motifs is 1. The van der Waals surface area contributed by atoms with Crippen molar-refractivity contribution in [3.8, 4) is 0 Å². The summed E-state index contributed by atoms with van der Waals surface area (Å²) in [6.07, 6.45) is 0. The number of hydrogen-bond donors (Lipinski definition) is 3. The maximum absolute atomic E-state index is 12.1. The van der Waals surface area contributed by atoms with Crippen LogP contribution in [0.4, 0.5) is 11.6 Å². The summed E-state index contributed by atoms with van der Waals surface area (Å²) in [7, 11) is 0. The Hall–Kier alpha value is -3.36. The van der Waals surface area contributed by atoms with Gasteiger partial charge in [0.05, 0.1) is 5.52 Å². The monoisotopic (exact) mass is 370 g/mol. The Morgan fingerprint density at radius 1 is 1.15 bits per heavy atom. The molecule has 142 valence electrons. The lowest BCUT2D eigenvalue weighted by molar-refractivity contribution is -0.121. The molecule has 1 amide bonds. The molecule has 0 aliphatic heterocycles. The number of carbonyl (C=O) groups excluding carboxylic acids is 1. The molecule has 0 bridgehead atoms. The summed E-state index contributed by atoms with van der Waals surface area (Å²) < 4.78 is 6.43. The molecule has 9 nitrogen and oxygen atoms in total. The predicted octanol–water partition coefficient (Wildman–Crippen LogP) is 1.35. The summed E-state index contributed by atoms with van der Waals surface area (Å²) in [5, 5.41) is 9.06. The van der Waals surface area contributed by atoms with E-state index in [4.69, 9.17) is 4.42 Å². The summed E-state index contributed by atoms with van der Waals surface area (Å²) in [6.45, 7) is 5.38. The highest BCUT2D eigenvalue weighted by atomic mass is 16.4. The normalized spacial score (nSPS) is 10.7. The first-order chi connectivity index (χ1) is 13.1. The number of oxazole rings is 1. The average molecular weight is 370 g/mol. The van der Waals surface area contributed by atoms with Crippen LogP contribution in [-0.4, -0.2) is 40.1 Å². The van der Waals surface area contributed by atoms with E-state index in [-0.39, 0.29) is 12.5 Å². The molecule has 0 saturated carbocycles. The number of nitrogens with zero attached hydrogens (tertiary/aromatic N) is 3. The molecule has 3 rings (SSSR count). The lowest BCUT2D eigenvalue weighted by Crippen LogP contribution is -2.33. The van der Waals surface area contributed by atoms with Crippen molar-refractivity contribution in [2.24, 2.45) is 0 Å². The summed E-state index contributed by atoms with van der Waals surface area (Å²) in [5.74, 6) is 1.29. The topological polar surface area (TPSA) is 114 Å². The summed E-state index contributed by atoms with van der Waals surface area (Å²) >= 11 is 0. The van der Waals surface area contributed by atoms with Gasteiger partial charge in [-0.05, 0) is 26.0 Å². The molecular weight excluding hydrogens is 348 g/mol. The SMILES string of the molecule is CCNc1cc(NCCNC(=O)Cn2c(=O)oc3ccccc32)nc(C)n1. The van der Waals surface area contributed by atoms with Crippen LogP contribution in [0.2, 0.25) is 0 Å².